The van der Waals surface area contributed by atoms with Gasteiger partial charge in [0.2, 0.25) is 0 Å². The number of carbonyl (C=O) groups excluding carboxylic acids is 1. The maximum atomic E-state index is 13.7. The Balaban J connectivity index is 1.50. The first-order chi connectivity index (χ1) is 12.7. The second kappa shape index (κ2) is 7.46. The van der Waals surface area contributed by atoms with E-state index < -0.39 is 12.3 Å². The van der Waals surface area contributed by atoms with Crippen LogP contribution in [-0.4, -0.2) is 36.8 Å². The highest BCUT2D eigenvalue weighted by Gasteiger charge is 2.37. The second-order valence-electron chi connectivity index (χ2n) is 7.01. The van der Waals surface area contributed by atoms with Gasteiger partial charge in [0.15, 0.2) is 6.10 Å². The molecule has 3 aliphatic rings. The maximum Gasteiger partial charge on any atom is 0.509 e. The molecule has 3 heterocycles. The van der Waals surface area contributed by atoms with Crippen molar-refractivity contribution in [2.75, 3.05) is 19.6 Å². The Morgan fingerprint density at radius 1 is 1.04 bits per heavy atom. The average molecular weight is 355 g/mol. The predicted octanol–water partition coefficient (Wildman–Crippen LogP) is 4.16. The SMILES string of the molecule is O=C(OC(c1ccccc1)c1cccc(F)c1)O[C@H]1CN2CCC1CC2. The van der Waals surface area contributed by atoms with Gasteiger partial charge in [-0.1, -0.05) is 42.5 Å². The van der Waals surface area contributed by atoms with E-state index >= 15 is 0 Å². The van der Waals surface area contributed by atoms with Crippen LogP contribution >= 0.6 is 0 Å². The highest BCUT2D eigenvalue weighted by molar-refractivity contribution is 5.61. The van der Waals surface area contributed by atoms with E-state index in [0.29, 0.717) is 11.5 Å². The number of hydrogen-bond acceptors (Lipinski definition) is 4. The van der Waals surface area contributed by atoms with Crippen LogP contribution in [0.4, 0.5) is 9.18 Å². The highest BCUT2D eigenvalue weighted by atomic mass is 19.1. The van der Waals surface area contributed by atoms with Gasteiger partial charge in [-0.2, -0.15) is 0 Å². The molecule has 4 nitrogen and oxygen atoms in total. The molecule has 2 aromatic rings. The van der Waals surface area contributed by atoms with Crippen molar-refractivity contribution < 1.29 is 18.7 Å². The third-order valence-corrected chi connectivity index (χ3v) is 5.31. The van der Waals surface area contributed by atoms with Crippen molar-refractivity contribution in [1.29, 1.82) is 0 Å². The van der Waals surface area contributed by atoms with Gasteiger partial charge in [-0.15, -0.1) is 0 Å². The van der Waals surface area contributed by atoms with E-state index in [4.69, 9.17) is 9.47 Å². The van der Waals surface area contributed by atoms with Crippen LogP contribution in [0.1, 0.15) is 30.1 Å². The largest absolute Gasteiger partial charge is 0.509 e. The fourth-order valence-electron chi connectivity index (χ4n) is 3.92. The Kier molecular flexibility index (Phi) is 4.89. The summed E-state index contributed by atoms with van der Waals surface area (Å²) in [5.74, 6) is 0.0506. The molecule has 2 bridgehead atoms. The molecule has 136 valence electrons. The van der Waals surface area contributed by atoms with Gasteiger partial charge >= 0.3 is 6.16 Å². The lowest BCUT2D eigenvalue weighted by atomic mass is 9.86. The van der Waals surface area contributed by atoms with Crippen molar-refractivity contribution in [2.24, 2.45) is 5.92 Å². The molecule has 0 N–H and O–H groups in total. The molecule has 26 heavy (non-hydrogen) atoms. The third kappa shape index (κ3) is 3.73. The minimum absolute atomic E-state index is 0.117. The number of carbonyl (C=O) groups is 1. The number of ether oxygens (including phenoxy) is 2. The van der Waals surface area contributed by atoms with Crippen molar-refractivity contribution in [3.8, 4) is 0 Å². The van der Waals surface area contributed by atoms with Crippen molar-refractivity contribution in [3.05, 3.63) is 71.5 Å². The lowest BCUT2D eigenvalue weighted by molar-refractivity contribution is -0.0642. The number of piperidine rings is 3. The Morgan fingerprint density at radius 2 is 1.77 bits per heavy atom. The summed E-state index contributed by atoms with van der Waals surface area (Å²) < 4.78 is 25.0. The Hall–Kier alpha value is -2.40. The van der Waals surface area contributed by atoms with E-state index in [2.05, 4.69) is 4.90 Å². The average Bonchev–Trinajstić information content (AvgIpc) is 2.68. The molecule has 5 heteroatoms. The van der Waals surface area contributed by atoms with Gasteiger partial charge in [0, 0.05) is 12.1 Å². The van der Waals surface area contributed by atoms with Crippen molar-refractivity contribution in [1.82, 2.24) is 4.90 Å². The topological polar surface area (TPSA) is 38.8 Å². The van der Waals surface area contributed by atoms with Crippen LogP contribution in [0.3, 0.4) is 0 Å². The zero-order valence-corrected chi connectivity index (χ0v) is 14.5. The molecule has 3 aliphatic heterocycles. The normalized spacial score (nSPS) is 25.5. The smallest absolute Gasteiger partial charge is 0.429 e. The van der Waals surface area contributed by atoms with Crippen molar-refractivity contribution in [3.63, 3.8) is 0 Å². The first-order valence-electron chi connectivity index (χ1n) is 9.09. The minimum atomic E-state index is -0.694. The van der Waals surface area contributed by atoms with Crippen molar-refractivity contribution in [2.45, 2.75) is 25.0 Å². The summed E-state index contributed by atoms with van der Waals surface area (Å²) in [6.07, 6.45) is 0.616. The molecule has 0 aliphatic carbocycles. The van der Waals surface area contributed by atoms with Crippen LogP contribution in [0.2, 0.25) is 0 Å². The predicted molar refractivity (Wildman–Crippen MR) is 95.2 cm³/mol. The molecular weight excluding hydrogens is 333 g/mol. The number of fused-ring (bicyclic) bond motifs is 3. The van der Waals surface area contributed by atoms with Gasteiger partial charge in [-0.25, -0.2) is 9.18 Å². The van der Waals surface area contributed by atoms with Crippen LogP contribution in [0.25, 0.3) is 0 Å². The molecule has 3 saturated heterocycles. The molecule has 2 aromatic carbocycles. The van der Waals surface area contributed by atoms with Gasteiger partial charge in [0.1, 0.15) is 11.9 Å². The van der Waals surface area contributed by atoms with Crippen LogP contribution in [-0.2, 0) is 9.47 Å². The summed E-state index contributed by atoms with van der Waals surface area (Å²) in [6, 6.07) is 15.5. The summed E-state index contributed by atoms with van der Waals surface area (Å²) in [5.41, 5.74) is 1.37. The molecular formula is C21H22FNO3. The molecule has 5 rings (SSSR count). The van der Waals surface area contributed by atoms with Crippen LogP contribution in [0.5, 0.6) is 0 Å². The fourth-order valence-corrected chi connectivity index (χ4v) is 3.92. The lowest BCUT2D eigenvalue weighted by Crippen LogP contribution is -2.52. The van der Waals surface area contributed by atoms with Gasteiger partial charge in [0.25, 0.3) is 0 Å². The standard InChI is InChI=1S/C21H22FNO3/c22-18-8-4-7-17(13-18)20(16-5-2-1-3-6-16)26-21(24)25-19-14-23-11-9-15(19)10-12-23/h1-8,13,15,19-20H,9-12,14H2/t19-,20?/m0/s1. The molecule has 0 amide bonds. The summed E-state index contributed by atoms with van der Waals surface area (Å²) in [5, 5.41) is 0. The summed E-state index contributed by atoms with van der Waals surface area (Å²) in [7, 11) is 0. The fraction of sp³-hybridized carbons (Fsp3) is 0.381. The van der Waals surface area contributed by atoms with E-state index in [-0.39, 0.29) is 11.9 Å². The summed E-state index contributed by atoms with van der Waals surface area (Å²) >= 11 is 0. The first-order valence-corrected chi connectivity index (χ1v) is 9.09. The Bertz CT molecular complexity index is 759. The third-order valence-electron chi connectivity index (χ3n) is 5.31. The molecule has 0 spiro atoms. The number of hydrogen-bond donors (Lipinski definition) is 0. The van der Waals surface area contributed by atoms with E-state index in [1.54, 1.807) is 12.1 Å². The number of nitrogens with zero attached hydrogens (tertiary/aromatic N) is 1. The van der Waals surface area contributed by atoms with Gasteiger partial charge < -0.3 is 9.47 Å². The molecule has 3 fully saturated rings. The summed E-state index contributed by atoms with van der Waals surface area (Å²) in [4.78, 5) is 14.8. The van der Waals surface area contributed by atoms with E-state index in [9.17, 15) is 9.18 Å². The number of halogens is 1. The van der Waals surface area contributed by atoms with E-state index in [1.807, 2.05) is 30.3 Å². The first kappa shape index (κ1) is 17.0. The lowest BCUT2D eigenvalue weighted by Gasteiger charge is -2.43. The van der Waals surface area contributed by atoms with Gasteiger partial charge in [-0.3, -0.25) is 4.90 Å². The second-order valence-corrected chi connectivity index (χ2v) is 7.01. The molecule has 0 radical (unpaired) electrons. The molecule has 0 saturated carbocycles. The quantitative estimate of drug-likeness (QED) is 0.772. The number of benzene rings is 2. The van der Waals surface area contributed by atoms with Crippen molar-refractivity contribution >= 4 is 6.16 Å². The molecule has 0 aromatic heterocycles. The summed E-state index contributed by atoms with van der Waals surface area (Å²) in [6.45, 7) is 2.93. The van der Waals surface area contributed by atoms with Crippen LogP contribution in [0.15, 0.2) is 54.6 Å². The van der Waals surface area contributed by atoms with Crippen LogP contribution in [0, 0.1) is 11.7 Å². The van der Waals surface area contributed by atoms with Gasteiger partial charge in [-0.05, 0) is 49.5 Å². The van der Waals surface area contributed by atoms with E-state index in [1.165, 1.54) is 12.1 Å². The zero-order valence-electron chi connectivity index (χ0n) is 14.5. The molecule has 1 unspecified atom stereocenters. The highest BCUT2D eigenvalue weighted by Crippen LogP contribution is 2.31. The molecule has 2 atom stereocenters. The minimum Gasteiger partial charge on any atom is -0.429 e. The van der Waals surface area contributed by atoms with E-state index in [0.717, 1.165) is 38.0 Å². The van der Waals surface area contributed by atoms with Gasteiger partial charge in [0.05, 0.1) is 0 Å². The zero-order chi connectivity index (χ0) is 17.9. The number of rotatable bonds is 4. The monoisotopic (exact) mass is 355 g/mol. The Labute approximate surface area is 152 Å². The maximum absolute atomic E-state index is 13.7. The Morgan fingerprint density at radius 3 is 2.42 bits per heavy atom. The van der Waals surface area contributed by atoms with Crippen LogP contribution < -0.4 is 0 Å².